The van der Waals surface area contributed by atoms with Crippen LogP contribution in [0.3, 0.4) is 0 Å². The van der Waals surface area contributed by atoms with Crippen molar-refractivity contribution in [2.24, 2.45) is 0 Å². The Labute approximate surface area is 162 Å². The number of benzene rings is 2. The van der Waals surface area contributed by atoms with E-state index in [1.165, 1.54) is 12.1 Å². The molecule has 0 radical (unpaired) electrons. The third-order valence-electron chi connectivity index (χ3n) is 3.36. The molecule has 142 valence electrons. The number of para-hydroxylation sites is 1. The summed E-state index contributed by atoms with van der Waals surface area (Å²) in [5.74, 6) is 0.820. The van der Waals surface area contributed by atoms with Gasteiger partial charge in [0.1, 0.15) is 5.82 Å². The number of anilines is 5. The molecule has 0 atom stereocenters. The highest BCUT2D eigenvalue weighted by atomic mass is 35.5. The summed E-state index contributed by atoms with van der Waals surface area (Å²) < 4.78 is 18.1. The summed E-state index contributed by atoms with van der Waals surface area (Å²) in [5.41, 5.74) is 1.53. The summed E-state index contributed by atoms with van der Waals surface area (Å²) in [6.07, 6.45) is 0. The molecule has 0 unspecified atom stereocenters. The lowest BCUT2D eigenvalue weighted by Crippen LogP contribution is -2.13. The van der Waals surface area contributed by atoms with Gasteiger partial charge >= 0.3 is 0 Å². The van der Waals surface area contributed by atoms with Gasteiger partial charge in [-0.15, -0.1) is 12.4 Å². The first-order valence-corrected chi connectivity index (χ1v) is 8.06. The van der Waals surface area contributed by atoms with E-state index in [1.54, 1.807) is 19.2 Å². The van der Waals surface area contributed by atoms with Crippen LogP contribution < -0.4 is 16.0 Å². The molecule has 0 bridgehead atoms. The molecule has 1 aromatic heterocycles. The summed E-state index contributed by atoms with van der Waals surface area (Å²) in [7, 11) is 1.62. The lowest BCUT2D eigenvalue weighted by molar-refractivity contribution is 0.210. The average molecular weight is 391 g/mol. The molecule has 0 spiro atoms. The minimum absolute atomic E-state index is 0. The number of aromatic nitrogens is 3. The Kier molecular flexibility index (Phi) is 7.72. The van der Waals surface area contributed by atoms with Gasteiger partial charge in [0.05, 0.1) is 6.61 Å². The largest absolute Gasteiger partial charge is 0.383 e. The Morgan fingerprint density at radius 3 is 1.96 bits per heavy atom. The topological polar surface area (TPSA) is 84.0 Å². The number of nitrogens with one attached hydrogen (secondary N) is 3. The van der Waals surface area contributed by atoms with E-state index in [0.29, 0.717) is 36.7 Å². The highest BCUT2D eigenvalue weighted by molar-refractivity contribution is 5.85. The van der Waals surface area contributed by atoms with E-state index >= 15 is 0 Å². The zero-order valence-electron chi connectivity index (χ0n) is 14.6. The van der Waals surface area contributed by atoms with Crippen molar-refractivity contribution in [2.45, 2.75) is 0 Å². The maximum atomic E-state index is 13.1. The molecule has 0 aliphatic rings. The zero-order chi connectivity index (χ0) is 18.2. The van der Waals surface area contributed by atoms with Crippen LogP contribution in [0.5, 0.6) is 0 Å². The minimum Gasteiger partial charge on any atom is -0.383 e. The van der Waals surface area contributed by atoms with Crippen LogP contribution in [0.1, 0.15) is 0 Å². The van der Waals surface area contributed by atoms with Gasteiger partial charge in [-0.1, -0.05) is 18.2 Å². The van der Waals surface area contributed by atoms with Gasteiger partial charge in [0, 0.05) is 25.0 Å². The van der Waals surface area contributed by atoms with Crippen LogP contribution in [0, 0.1) is 5.82 Å². The Hall–Kier alpha value is -2.97. The zero-order valence-corrected chi connectivity index (χ0v) is 15.5. The monoisotopic (exact) mass is 390 g/mol. The van der Waals surface area contributed by atoms with Crippen LogP contribution in [0.15, 0.2) is 54.6 Å². The van der Waals surface area contributed by atoms with Crippen molar-refractivity contribution in [3.8, 4) is 0 Å². The van der Waals surface area contributed by atoms with E-state index in [2.05, 4.69) is 30.9 Å². The van der Waals surface area contributed by atoms with E-state index < -0.39 is 0 Å². The fourth-order valence-electron chi connectivity index (χ4n) is 2.14. The number of halogens is 2. The van der Waals surface area contributed by atoms with Crippen LogP contribution in [0.25, 0.3) is 0 Å². The third-order valence-corrected chi connectivity index (χ3v) is 3.36. The van der Waals surface area contributed by atoms with Crippen molar-refractivity contribution in [3.05, 3.63) is 60.4 Å². The molecule has 7 nitrogen and oxygen atoms in total. The van der Waals surface area contributed by atoms with Crippen molar-refractivity contribution < 1.29 is 9.13 Å². The number of ether oxygens (including phenoxy) is 1. The summed E-state index contributed by atoms with van der Waals surface area (Å²) in [4.78, 5) is 13.1. The van der Waals surface area contributed by atoms with E-state index in [0.717, 1.165) is 5.69 Å². The van der Waals surface area contributed by atoms with Crippen molar-refractivity contribution in [3.63, 3.8) is 0 Å². The molecule has 0 aliphatic carbocycles. The molecule has 0 saturated carbocycles. The standard InChI is InChI=1S/C18H19FN6O.ClH/c1-26-12-11-20-16-23-17(21-14-5-3-2-4-6-14)25-18(24-16)22-15-9-7-13(19)8-10-15;/h2-10H,11-12H2,1H3,(H3,20,21,22,23,24,25);1H. The van der Waals surface area contributed by atoms with Gasteiger partial charge in [-0.3, -0.25) is 0 Å². The molecule has 0 amide bonds. The molecule has 9 heteroatoms. The van der Waals surface area contributed by atoms with Crippen LogP contribution in [-0.4, -0.2) is 35.2 Å². The van der Waals surface area contributed by atoms with Crippen LogP contribution in [-0.2, 0) is 4.74 Å². The van der Waals surface area contributed by atoms with Gasteiger partial charge in [0.15, 0.2) is 0 Å². The van der Waals surface area contributed by atoms with Gasteiger partial charge < -0.3 is 20.7 Å². The Morgan fingerprint density at radius 1 is 0.815 bits per heavy atom. The van der Waals surface area contributed by atoms with Gasteiger partial charge in [-0.05, 0) is 36.4 Å². The maximum Gasteiger partial charge on any atom is 0.233 e. The lowest BCUT2D eigenvalue weighted by Gasteiger charge is -2.11. The molecule has 1 heterocycles. The SMILES string of the molecule is COCCNc1nc(Nc2ccccc2)nc(Nc2ccc(F)cc2)n1.Cl. The molecule has 0 fully saturated rings. The van der Waals surface area contributed by atoms with Gasteiger partial charge in [-0.2, -0.15) is 15.0 Å². The second-order valence-corrected chi connectivity index (χ2v) is 5.35. The van der Waals surface area contributed by atoms with Crippen molar-refractivity contribution in [2.75, 3.05) is 36.2 Å². The first-order valence-electron chi connectivity index (χ1n) is 8.06. The molecule has 0 saturated heterocycles. The van der Waals surface area contributed by atoms with Gasteiger partial charge in [0.25, 0.3) is 0 Å². The first-order chi connectivity index (χ1) is 12.7. The van der Waals surface area contributed by atoms with Crippen LogP contribution >= 0.6 is 12.4 Å². The summed E-state index contributed by atoms with van der Waals surface area (Å²) in [6, 6.07) is 15.5. The van der Waals surface area contributed by atoms with Crippen molar-refractivity contribution in [1.29, 1.82) is 0 Å². The predicted octanol–water partition coefficient (Wildman–Crippen LogP) is 3.98. The molecule has 2 aromatic carbocycles. The van der Waals surface area contributed by atoms with E-state index in [9.17, 15) is 4.39 Å². The van der Waals surface area contributed by atoms with Crippen LogP contribution in [0.2, 0.25) is 0 Å². The molecule has 3 N–H and O–H groups in total. The highest BCUT2D eigenvalue weighted by Crippen LogP contribution is 2.18. The smallest absolute Gasteiger partial charge is 0.233 e. The second kappa shape index (κ2) is 10.2. The number of rotatable bonds is 8. The number of hydrogen-bond acceptors (Lipinski definition) is 7. The Morgan fingerprint density at radius 2 is 1.37 bits per heavy atom. The minimum atomic E-state index is -0.306. The lowest BCUT2D eigenvalue weighted by atomic mass is 10.3. The number of hydrogen-bond donors (Lipinski definition) is 3. The maximum absolute atomic E-state index is 13.1. The van der Waals surface area contributed by atoms with E-state index in [-0.39, 0.29) is 18.2 Å². The summed E-state index contributed by atoms with van der Waals surface area (Å²) in [6.45, 7) is 1.08. The quantitative estimate of drug-likeness (QED) is 0.502. The third kappa shape index (κ3) is 6.36. The second-order valence-electron chi connectivity index (χ2n) is 5.35. The highest BCUT2D eigenvalue weighted by Gasteiger charge is 2.07. The molecule has 3 rings (SSSR count). The molecular weight excluding hydrogens is 371 g/mol. The first kappa shape index (κ1) is 20.3. The number of nitrogens with zero attached hydrogens (tertiary/aromatic N) is 3. The molecule has 27 heavy (non-hydrogen) atoms. The number of methoxy groups -OCH3 is 1. The van der Waals surface area contributed by atoms with Crippen molar-refractivity contribution >= 4 is 41.6 Å². The predicted molar refractivity (Wildman–Crippen MR) is 107 cm³/mol. The summed E-state index contributed by atoms with van der Waals surface area (Å²) >= 11 is 0. The van der Waals surface area contributed by atoms with Gasteiger partial charge in [-0.25, -0.2) is 4.39 Å². The molecular formula is C18H20ClFN6O. The Balaban J connectivity index is 0.00000261. The average Bonchev–Trinajstić information content (AvgIpc) is 2.65. The Bertz CT molecular complexity index is 835. The fraction of sp³-hybridized carbons (Fsp3) is 0.167. The van der Waals surface area contributed by atoms with Gasteiger partial charge in [0.2, 0.25) is 17.8 Å². The summed E-state index contributed by atoms with van der Waals surface area (Å²) in [5, 5.41) is 9.26. The van der Waals surface area contributed by atoms with Crippen LogP contribution in [0.4, 0.5) is 33.6 Å². The fourth-order valence-corrected chi connectivity index (χ4v) is 2.14. The molecule has 3 aromatic rings. The normalized spacial score (nSPS) is 10.0. The molecule has 0 aliphatic heterocycles. The van der Waals surface area contributed by atoms with E-state index in [4.69, 9.17) is 4.74 Å². The van der Waals surface area contributed by atoms with Crippen molar-refractivity contribution in [1.82, 2.24) is 15.0 Å². The van der Waals surface area contributed by atoms with E-state index in [1.807, 2.05) is 30.3 Å².